The fourth-order valence-corrected chi connectivity index (χ4v) is 1.52. The van der Waals surface area contributed by atoms with Crippen molar-refractivity contribution in [1.82, 2.24) is 10.6 Å². The van der Waals surface area contributed by atoms with Gasteiger partial charge in [0.2, 0.25) is 11.8 Å². The Balaban J connectivity index is 2.03. The first kappa shape index (κ1) is 12.9. The van der Waals surface area contributed by atoms with Crippen LogP contribution in [0, 0.1) is 0 Å². The van der Waals surface area contributed by atoms with E-state index in [2.05, 4.69) is 10.6 Å². The van der Waals surface area contributed by atoms with Gasteiger partial charge >= 0.3 is 0 Å². The zero-order chi connectivity index (χ0) is 11.8. The molecule has 2 amide bonds. The molecule has 6 heteroatoms. The van der Waals surface area contributed by atoms with Gasteiger partial charge in [-0.25, -0.2) is 0 Å². The summed E-state index contributed by atoms with van der Waals surface area (Å²) < 4.78 is 5.40. The van der Waals surface area contributed by atoms with Crippen molar-refractivity contribution in [3.8, 4) is 0 Å². The number of ether oxygens (including phenoxy) is 1. The van der Waals surface area contributed by atoms with Crippen LogP contribution in [-0.2, 0) is 14.3 Å². The number of amides is 2. The second-order valence-electron chi connectivity index (χ2n) is 3.82. The summed E-state index contributed by atoms with van der Waals surface area (Å²) in [4.78, 5) is 21.9. The van der Waals surface area contributed by atoms with Gasteiger partial charge in [0.05, 0.1) is 19.1 Å². The molecule has 1 heterocycles. The number of hydrogen-bond acceptors (Lipinski definition) is 4. The number of morpholine rings is 1. The van der Waals surface area contributed by atoms with Crippen LogP contribution in [0.25, 0.3) is 0 Å². The van der Waals surface area contributed by atoms with E-state index in [9.17, 15) is 9.59 Å². The van der Waals surface area contributed by atoms with Crippen molar-refractivity contribution in [2.75, 3.05) is 26.2 Å². The van der Waals surface area contributed by atoms with Gasteiger partial charge in [-0.05, 0) is 6.42 Å². The van der Waals surface area contributed by atoms with Crippen molar-refractivity contribution >= 4 is 11.8 Å². The van der Waals surface area contributed by atoms with Gasteiger partial charge < -0.3 is 21.1 Å². The molecule has 4 N–H and O–H groups in total. The lowest BCUT2D eigenvalue weighted by Crippen LogP contribution is -2.41. The van der Waals surface area contributed by atoms with E-state index in [0.29, 0.717) is 39.0 Å². The van der Waals surface area contributed by atoms with Crippen LogP contribution >= 0.6 is 0 Å². The third-order valence-corrected chi connectivity index (χ3v) is 2.34. The van der Waals surface area contributed by atoms with Crippen LogP contribution in [-0.4, -0.2) is 44.2 Å². The lowest BCUT2D eigenvalue weighted by molar-refractivity contribution is -0.125. The Labute approximate surface area is 94.9 Å². The van der Waals surface area contributed by atoms with Crippen LogP contribution < -0.4 is 16.4 Å². The molecule has 1 unspecified atom stereocenters. The van der Waals surface area contributed by atoms with Crippen molar-refractivity contribution in [2.45, 2.75) is 25.4 Å². The predicted molar refractivity (Wildman–Crippen MR) is 58.7 cm³/mol. The smallest absolute Gasteiger partial charge is 0.222 e. The Hall–Kier alpha value is -1.14. The average Bonchev–Trinajstić information content (AvgIpc) is 2.25. The van der Waals surface area contributed by atoms with Gasteiger partial charge in [-0.15, -0.1) is 0 Å². The van der Waals surface area contributed by atoms with Crippen molar-refractivity contribution in [2.24, 2.45) is 5.73 Å². The Kier molecular flexibility index (Phi) is 5.81. The van der Waals surface area contributed by atoms with Crippen LogP contribution in [0.5, 0.6) is 0 Å². The highest BCUT2D eigenvalue weighted by atomic mass is 16.5. The fourth-order valence-electron chi connectivity index (χ4n) is 1.52. The molecule has 1 aliphatic heterocycles. The minimum absolute atomic E-state index is 0.0371. The molecule has 0 radical (unpaired) electrons. The van der Waals surface area contributed by atoms with Crippen molar-refractivity contribution in [3.05, 3.63) is 0 Å². The Morgan fingerprint density at radius 2 is 2.31 bits per heavy atom. The first-order valence-electron chi connectivity index (χ1n) is 5.56. The second-order valence-corrected chi connectivity index (χ2v) is 3.82. The number of primary amides is 1. The summed E-state index contributed by atoms with van der Waals surface area (Å²) in [5.74, 6) is -0.382. The van der Waals surface area contributed by atoms with Crippen LogP contribution in [0.2, 0.25) is 0 Å². The maximum absolute atomic E-state index is 11.4. The highest BCUT2D eigenvalue weighted by Gasteiger charge is 2.16. The molecule has 1 aliphatic rings. The highest BCUT2D eigenvalue weighted by Crippen LogP contribution is 2.00. The number of carbonyl (C=O) groups excluding carboxylic acids is 2. The summed E-state index contributed by atoms with van der Waals surface area (Å²) in [7, 11) is 0. The van der Waals surface area contributed by atoms with Gasteiger partial charge in [-0.3, -0.25) is 9.59 Å². The summed E-state index contributed by atoms with van der Waals surface area (Å²) in [6, 6.07) is 0. The average molecular weight is 229 g/mol. The number of hydrogen-bond donors (Lipinski definition) is 3. The molecule has 0 aromatic carbocycles. The first-order valence-corrected chi connectivity index (χ1v) is 5.56. The molecular formula is C10H19N3O3. The molecule has 1 saturated heterocycles. The standard InChI is InChI=1S/C10H19N3O3/c11-9(14)2-1-3-13-10(15)6-8-7-12-4-5-16-8/h8,12H,1-7H2,(H2,11,14)(H,13,15). The molecule has 1 rings (SSSR count). The normalized spacial score (nSPS) is 20.4. The van der Waals surface area contributed by atoms with Gasteiger partial charge in [-0.2, -0.15) is 0 Å². The van der Waals surface area contributed by atoms with E-state index < -0.39 is 0 Å². The Bertz CT molecular complexity index is 239. The molecule has 0 aromatic heterocycles. The summed E-state index contributed by atoms with van der Waals surface area (Å²) in [5, 5.41) is 5.89. The third kappa shape index (κ3) is 5.67. The van der Waals surface area contributed by atoms with E-state index in [0.717, 1.165) is 6.54 Å². The number of rotatable bonds is 6. The summed E-state index contributed by atoms with van der Waals surface area (Å²) in [6.07, 6.45) is 1.22. The number of nitrogens with one attached hydrogen (secondary N) is 2. The van der Waals surface area contributed by atoms with E-state index in [4.69, 9.17) is 10.5 Å². The van der Waals surface area contributed by atoms with E-state index in [1.807, 2.05) is 0 Å². The fraction of sp³-hybridized carbons (Fsp3) is 0.800. The molecule has 0 bridgehead atoms. The van der Waals surface area contributed by atoms with E-state index in [1.54, 1.807) is 0 Å². The molecule has 0 aliphatic carbocycles. The van der Waals surface area contributed by atoms with Gasteiger partial charge in [0, 0.05) is 26.1 Å². The van der Waals surface area contributed by atoms with Crippen molar-refractivity contribution < 1.29 is 14.3 Å². The van der Waals surface area contributed by atoms with Crippen molar-refractivity contribution in [1.29, 1.82) is 0 Å². The van der Waals surface area contributed by atoms with Crippen LogP contribution in [0.15, 0.2) is 0 Å². The minimum atomic E-state index is -0.339. The molecule has 0 saturated carbocycles. The monoisotopic (exact) mass is 229 g/mol. The van der Waals surface area contributed by atoms with Gasteiger partial charge in [0.1, 0.15) is 0 Å². The maximum atomic E-state index is 11.4. The summed E-state index contributed by atoms with van der Waals surface area (Å²) in [6.45, 7) is 2.70. The number of nitrogens with two attached hydrogens (primary N) is 1. The van der Waals surface area contributed by atoms with E-state index in [-0.39, 0.29) is 17.9 Å². The van der Waals surface area contributed by atoms with E-state index in [1.165, 1.54) is 0 Å². The quantitative estimate of drug-likeness (QED) is 0.496. The molecule has 6 nitrogen and oxygen atoms in total. The first-order chi connectivity index (χ1) is 7.68. The molecule has 0 aromatic rings. The lowest BCUT2D eigenvalue weighted by atomic mass is 10.2. The number of carbonyl (C=O) groups is 2. The lowest BCUT2D eigenvalue weighted by Gasteiger charge is -2.22. The molecule has 1 fully saturated rings. The zero-order valence-corrected chi connectivity index (χ0v) is 9.33. The molecule has 1 atom stereocenters. The van der Waals surface area contributed by atoms with Crippen LogP contribution in [0.4, 0.5) is 0 Å². The zero-order valence-electron chi connectivity index (χ0n) is 9.33. The largest absolute Gasteiger partial charge is 0.375 e. The van der Waals surface area contributed by atoms with Crippen molar-refractivity contribution in [3.63, 3.8) is 0 Å². The highest BCUT2D eigenvalue weighted by molar-refractivity contribution is 5.76. The van der Waals surface area contributed by atoms with Gasteiger partial charge in [0.25, 0.3) is 0 Å². The molecular weight excluding hydrogens is 210 g/mol. The molecule has 16 heavy (non-hydrogen) atoms. The van der Waals surface area contributed by atoms with Gasteiger partial charge in [-0.1, -0.05) is 0 Å². The summed E-state index contributed by atoms with van der Waals surface area (Å²) >= 11 is 0. The van der Waals surface area contributed by atoms with Gasteiger partial charge in [0.15, 0.2) is 0 Å². The second kappa shape index (κ2) is 7.19. The molecule has 92 valence electrons. The third-order valence-electron chi connectivity index (χ3n) is 2.34. The Morgan fingerprint density at radius 1 is 1.50 bits per heavy atom. The molecule has 0 spiro atoms. The summed E-state index contributed by atoms with van der Waals surface area (Å²) in [5.41, 5.74) is 4.98. The van der Waals surface area contributed by atoms with Crippen LogP contribution in [0.3, 0.4) is 0 Å². The van der Waals surface area contributed by atoms with Crippen LogP contribution in [0.1, 0.15) is 19.3 Å². The van der Waals surface area contributed by atoms with E-state index >= 15 is 0 Å². The SMILES string of the molecule is NC(=O)CCCNC(=O)CC1CNCCO1. The topological polar surface area (TPSA) is 93.5 Å². The minimum Gasteiger partial charge on any atom is -0.375 e. The maximum Gasteiger partial charge on any atom is 0.222 e. The predicted octanol–water partition coefficient (Wildman–Crippen LogP) is -1.25. The Morgan fingerprint density at radius 3 is 2.94 bits per heavy atom.